The van der Waals surface area contributed by atoms with Crippen LogP contribution in [-0.2, 0) is 9.53 Å². The van der Waals surface area contributed by atoms with Crippen LogP contribution >= 0.6 is 0 Å². The number of Topliss-reactive ketones (excluding diaryl/α,β-unsaturated/α-hetero) is 1. The maximum atomic E-state index is 11.1. The molecule has 2 nitrogen and oxygen atoms in total. The Morgan fingerprint density at radius 3 is 3.27 bits per heavy atom. The minimum Gasteiger partial charge on any atom is -0.486 e. The first-order chi connectivity index (χ1) is 5.34. The van der Waals surface area contributed by atoms with Crippen molar-refractivity contribution in [3.63, 3.8) is 0 Å². The first kappa shape index (κ1) is 8.05. The summed E-state index contributed by atoms with van der Waals surface area (Å²) in [5.74, 6) is 0.136. The zero-order valence-electron chi connectivity index (χ0n) is 6.62. The van der Waals surface area contributed by atoms with E-state index in [0.717, 1.165) is 6.42 Å². The van der Waals surface area contributed by atoms with E-state index in [9.17, 15) is 4.79 Å². The minimum absolute atomic E-state index is 0.136. The summed E-state index contributed by atoms with van der Waals surface area (Å²) in [6.45, 7) is 2.03. The van der Waals surface area contributed by atoms with Gasteiger partial charge >= 0.3 is 0 Å². The average molecular weight is 152 g/mol. The lowest BCUT2D eigenvalue weighted by Gasteiger charge is -2.13. The van der Waals surface area contributed by atoms with E-state index in [1.807, 2.05) is 19.1 Å². The van der Waals surface area contributed by atoms with Crippen molar-refractivity contribution in [3.05, 3.63) is 24.5 Å². The van der Waals surface area contributed by atoms with Crippen molar-refractivity contribution in [1.29, 1.82) is 0 Å². The smallest absolute Gasteiger partial charge is 0.181 e. The SMILES string of the molecule is CC/C=C\C1OC=CCC1=O. The quantitative estimate of drug-likeness (QED) is 0.564. The van der Waals surface area contributed by atoms with Crippen molar-refractivity contribution in [1.82, 2.24) is 0 Å². The van der Waals surface area contributed by atoms with Crippen LogP contribution < -0.4 is 0 Å². The monoisotopic (exact) mass is 152 g/mol. The summed E-state index contributed by atoms with van der Waals surface area (Å²) in [7, 11) is 0. The highest BCUT2D eigenvalue weighted by Crippen LogP contribution is 2.07. The summed E-state index contributed by atoms with van der Waals surface area (Å²) in [5.41, 5.74) is 0. The van der Waals surface area contributed by atoms with Crippen LogP contribution in [0.25, 0.3) is 0 Å². The van der Waals surface area contributed by atoms with Gasteiger partial charge in [-0.2, -0.15) is 0 Å². The Hall–Kier alpha value is -1.05. The van der Waals surface area contributed by atoms with Crippen LogP contribution in [0.5, 0.6) is 0 Å². The van der Waals surface area contributed by atoms with E-state index in [-0.39, 0.29) is 11.9 Å². The zero-order chi connectivity index (χ0) is 8.10. The fourth-order valence-electron chi connectivity index (χ4n) is 0.909. The lowest BCUT2D eigenvalue weighted by molar-refractivity contribution is -0.125. The summed E-state index contributed by atoms with van der Waals surface area (Å²) < 4.78 is 5.08. The van der Waals surface area contributed by atoms with Crippen molar-refractivity contribution in [2.75, 3.05) is 0 Å². The van der Waals surface area contributed by atoms with E-state index in [1.165, 1.54) is 0 Å². The lowest BCUT2D eigenvalue weighted by atomic mass is 10.1. The lowest BCUT2D eigenvalue weighted by Crippen LogP contribution is -2.21. The number of hydrogen-bond donors (Lipinski definition) is 0. The molecule has 0 radical (unpaired) electrons. The molecule has 0 aromatic rings. The van der Waals surface area contributed by atoms with Gasteiger partial charge in [0.1, 0.15) is 0 Å². The van der Waals surface area contributed by atoms with Crippen LogP contribution in [0.4, 0.5) is 0 Å². The third-order valence-corrected chi connectivity index (χ3v) is 1.50. The van der Waals surface area contributed by atoms with Gasteiger partial charge in [-0.1, -0.05) is 13.0 Å². The molecular weight excluding hydrogens is 140 g/mol. The second-order valence-electron chi connectivity index (χ2n) is 2.44. The molecule has 60 valence electrons. The third-order valence-electron chi connectivity index (χ3n) is 1.50. The van der Waals surface area contributed by atoms with E-state index in [2.05, 4.69) is 0 Å². The number of carbonyl (C=O) groups is 1. The molecule has 0 aliphatic carbocycles. The van der Waals surface area contributed by atoms with Crippen molar-refractivity contribution < 1.29 is 9.53 Å². The molecule has 1 heterocycles. The van der Waals surface area contributed by atoms with Crippen molar-refractivity contribution in [2.45, 2.75) is 25.9 Å². The normalized spacial score (nSPS) is 24.1. The van der Waals surface area contributed by atoms with Gasteiger partial charge in [-0.05, 0) is 18.6 Å². The Morgan fingerprint density at radius 1 is 1.82 bits per heavy atom. The van der Waals surface area contributed by atoms with Crippen molar-refractivity contribution >= 4 is 5.78 Å². The molecule has 0 amide bonds. The van der Waals surface area contributed by atoms with Gasteiger partial charge in [-0.3, -0.25) is 4.79 Å². The molecule has 0 aromatic heterocycles. The molecule has 1 atom stereocenters. The number of rotatable bonds is 2. The maximum absolute atomic E-state index is 11.1. The third kappa shape index (κ3) is 2.22. The number of ether oxygens (including phenoxy) is 1. The van der Waals surface area contributed by atoms with Gasteiger partial charge < -0.3 is 4.74 Å². The molecule has 2 heteroatoms. The van der Waals surface area contributed by atoms with Crippen molar-refractivity contribution in [2.24, 2.45) is 0 Å². The standard InChI is InChI=1S/C9H12O2/c1-2-3-6-9-8(10)5-4-7-11-9/h3-4,6-7,9H,2,5H2,1H3/b6-3-. The second-order valence-corrected chi connectivity index (χ2v) is 2.44. The molecule has 0 N–H and O–H groups in total. The Morgan fingerprint density at radius 2 is 2.64 bits per heavy atom. The molecule has 1 aliphatic rings. The number of ketones is 1. The van der Waals surface area contributed by atoms with Gasteiger partial charge in [0.2, 0.25) is 0 Å². The Kier molecular flexibility index (Phi) is 2.90. The van der Waals surface area contributed by atoms with Crippen LogP contribution in [0.2, 0.25) is 0 Å². The van der Waals surface area contributed by atoms with Gasteiger partial charge in [-0.15, -0.1) is 0 Å². The summed E-state index contributed by atoms with van der Waals surface area (Å²) in [4.78, 5) is 11.1. The molecule has 1 unspecified atom stereocenters. The number of hydrogen-bond acceptors (Lipinski definition) is 2. The maximum Gasteiger partial charge on any atom is 0.181 e. The summed E-state index contributed by atoms with van der Waals surface area (Å²) >= 11 is 0. The topological polar surface area (TPSA) is 26.3 Å². The number of allylic oxidation sites excluding steroid dienone is 2. The fourth-order valence-corrected chi connectivity index (χ4v) is 0.909. The summed E-state index contributed by atoms with van der Waals surface area (Å²) in [6, 6.07) is 0. The Balaban J connectivity index is 2.50. The van der Waals surface area contributed by atoms with E-state index in [0.29, 0.717) is 6.42 Å². The van der Waals surface area contributed by atoms with Gasteiger partial charge in [0, 0.05) is 6.42 Å². The fraction of sp³-hybridized carbons (Fsp3) is 0.444. The molecule has 0 spiro atoms. The minimum atomic E-state index is -0.333. The highest BCUT2D eigenvalue weighted by molar-refractivity contribution is 5.86. The van der Waals surface area contributed by atoms with Gasteiger partial charge in [0.05, 0.1) is 6.26 Å². The molecule has 1 aliphatic heterocycles. The van der Waals surface area contributed by atoms with Crippen LogP contribution in [0.15, 0.2) is 24.5 Å². The first-order valence-corrected chi connectivity index (χ1v) is 3.84. The molecule has 1 rings (SSSR count). The van der Waals surface area contributed by atoms with E-state index in [1.54, 1.807) is 12.3 Å². The highest BCUT2D eigenvalue weighted by atomic mass is 16.5. The van der Waals surface area contributed by atoms with E-state index < -0.39 is 0 Å². The first-order valence-electron chi connectivity index (χ1n) is 3.84. The molecule has 11 heavy (non-hydrogen) atoms. The van der Waals surface area contributed by atoms with E-state index >= 15 is 0 Å². The molecular formula is C9H12O2. The molecule has 0 saturated heterocycles. The van der Waals surface area contributed by atoms with Crippen LogP contribution in [0.1, 0.15) is 19.8 Å². The zero-order valence-corrected chi connectivity index (χ0v) is 6.62. The Bertz CT molecular complexity index is 192. The van der Waals surface area contributed by atoms with Crippen LogP contribution in [0, 0.1) is 0 Å². The predicted molar refractivity (Wildman–Crippen MR) is 43.1 cm³/mol. The number of carbonyl (C=O) groups excluding carboxylic acids is 1. The summed E-state index contributed by atoms with van der Waals surface area (Å²) in [5, 5.41) is 0. The van der Waals surface area contributed by atoms with Crippen molar-refractivity contribution in [3.8, 4) is 0 Å². The Labute approximate surface area is 66.5 Å². The van der Waals surface area contributed by atoms with Crippen LogP contribution in [-0.4, -0.2) is 11.9 Å². The second kappa shape index (κ2) is 3.96. The van der Waals surface area contributed by atoms with E-state index in [4.69, 9.17) is 4.74 Å². The predicted octanol–water partition coefficient (Wildman–Crippen LogP) is 1.82. The van der Waals surface area contributed by atoms with Gasteiger partial charge in [-0.25, -0.2) is 0 Å². The largest absolute Gasteiger partial charge is 0.486 e. The molecule has 0 fully saturated rings. The molecule has 0 saturated carbocycles. The average Bonchev–Trinajstić information content (AvgIpc) is 2.03. The summed E-state index contributed by atoms with van der Waals surface area (Å²) in [6.07, 6.45) is 8.19. The van der Waals surface area contributed by atoms with Gasteiger partial charge in [0.25, 0.3) is 0 Å². The van der Waals surface area contributed by atoms with Crippen LogP contribution in [0.3, 0.4) is 0 Å². The highest BCUT2D eigenvalue weighted by Gasteiger charge is 2.16. The van der Waals surface area contributed by atoms with Gasteiger partial charge in [0.15, 0.2) is 11.9 Å². The molecule has 0 aromatic carbocycles. The molecule has 0 bridgehead atoms.